The van der Waals surface area contributed by atoms with Crippen LogP contribution in [-0.2, 0) is 9.47 Å². The van der Waals surface area contributed by atoms with Gasteiger partial charge >= 0.3 is 0 Å². The molecule has 5 nitrogen and oxygen atoms in total. The molecule has 0 bridgehead atoms. The van der Waals surface area contributed by atoms with Gasteiger partial charge in [0.2, 0.25) is 0 Å². The minimum Gasteiger partial charge on any atom is -0.367 e. The summed E-state index contributed by atoms with van der Waals surface area (Å²) in [6, 6.07) is 2.31. The van der Waals surface area contributed by atoms with Crippen LogP contribution < -0.4 is 0 Å². The van der Waals surface area contributed by atoms with Crippen LogP contribution in [0.4, 0.5) is 0 Å². The maximum absolute atomic E-state index is 11.0. The highest BCUT2D eigenvalue weighted by atomic mass is 16.7. The van der Waals surface area contributed by atoms with E-state index in [2.05, 4.69) is 32.9 Å². The maximum atomic E-state index is 11.0. The Kier molecular flexibility index (Phi) is 5.95. The monoisotopic (exact) mass is 365 g/mol. The normalized spacial score (nSPS) is 35.9. The van der Waals surface area contributed by atoms with Gasteiger partial charge in [0.05, 0.1) is 18.3 Å². The number of aliphatic hydroxyl groups excluding tert-OH is 2. The van der Waals surface area contributed by atoms with E-state index < -0.39 is 35.6 Å². The number of ether oxygens (including phenoxy) is 2. The molecule has 7 unspecified atom stereocenters. The van der Waals surface area contributed by atoms with Crippen molar-refractivity contribution in [2.24, 2.45) is 22.2 Å². The fourth-order valence-corrected chi connectivity index (χ4v) is 4.50. The van der Waals surface area contributed by atoms with Crippen LogP contribution in [0, 0.1) is 33.5 Å². The highest BCUT2D eigenvalue weighted by Gasteiger charge is 2.60. The van der Waals surface area contributed by atoms with Crippen LogP contribution in [0.25, 0.3) is 0 Å². The Bertz CT molecular complexity index is 586. The van der Waals surface area contributed by atoms with Crippen molar-refractivity contribution in [1.82, 2.24) is 0 Å². The summed E-state index contributed by atoms with van der Waals surface area (Å²) in [5.74, 6) is -0.0611. The van der Waals surface area contributed by atoms with Crippen molar-refractivity contribution in [3.05, 3.63) is 11.6 Å². The fraction of sp³-hybridized carbons (Fsp3) is 0.857. The number of fused-ring (bicyclic) bond motifs is 1. The largest absolute Gasteiger partial charge is 0.367 e. The molecule has 2 N–H and O–H groups in total. The molecule has 1 heterocycles. The minimum absolute atomic E-state index is 0.0611. The third-order valence-electron chi connectivity index (χ3n) is 6.62. The lowest BCUT2D eigenvalue weighted by molar-refractivity contribution is -0.234. The van der Waals surface area contributed by atoms with E-state index in [4.69, 9.17) is 9.47 Å². The average molecular weight is 366 g/mol. The molecule has 0 aromatic carbocycles. The van der Waals surface area contributed by atoms with Crippen LogP contribution >= 0.6 is 0 Å². The predicted molar refractivity (Wildman–Crippen MR) is 99.8 cm³/mol. The summed E-state index contributed by atoms with van der Waals surface area (Å²) in [5, 5.41) is 30.9. The molecule has 0 amide bonds. The number of hydrogen-bond donors (Lipinski definition) is 2. The molecule has 26 heavy (non-hydrogen) atoms. The molecule has 1 saturated heterocycles. The first-order chi connectivity index (χ1) is 11.9. The Morgan fingerprint density at radius 2 is 1.96 bits per heavy atom. The number of allylic oxidation sites excluding steroid dienone is 1. The van der Waals surface area contributed by atoms with Crippen LogP contribution in [0.3, 0.4) is 0 Å². The summed E-state index contributed by atoms with van der Waals surface area (Å²) in [4.78, 5) is 0. The van der Waals surface area contributed by atoms with Gasteiger partial charge in [-0.3, -0.25) is 0 Å². The molecule has 2 fully saturated rings. The Morgan fingerprint density at radius 1 is 1.35 bits per heavy atom. The number of nitriles is 1. The van der Waals surface area contributed by atoms with Gasteiger partial charge in [-0.15, -0.1) is 0 Å². The van der Waals surface area contributed by atoms with Gasteiger partial charge in [-0.25, -0.2) is 0 Å². The van der Waals surface area contributed by atoms with Crippen LogP contribution in [0.2, 0.25) is 0 Å². The summed E-state index contributed by atoms with van der Waals surface area (Å²) < 4.78 is 11.8. The highest BCUT2D eigenvalue weighted by Crippen LogP contribution is 2.54. The fourth-order valence-electron chi connectivity index (χ4n) is 4.50. The molecular formula is C21H35NO4. The van der Waals surface area contributed by atoms with Gasteiger partial charge in [-0.2, -0.15) is 5.26 Å². The standard InChI is InChI=1S/C21H35NO4/c1-13(2)11-20(7,19(4,5)6)17(23)25-14(3)16-15-9-8-10-21(15,12-22)18(24)26-16/h11,14-18,23-24H,8-10H2,1-7H3. The number of rotatable bonds is 5. The molecule has 1 saturated carbocycles. The molecule has 0 radical (unpaired) electrons. The predicted octanol–water partition coefficient (Wildman–Crippen LogP) is 3.76. The smallest absolute Gasteiger partial charge is 0.174 e. The average Bonchev–Trinajstić information content (AvgIpc) is 3.04. The Balaban J connectivity index is 2.20. The number of nitrogens with zero attached hydrogens (tertiary/aromatic N) is 1. The summed E-state index contributed by atoms with van der Waals surface area (Å²) in [6.07, 6.45) is 1.53. The van der Waals surface area contributed by atoms with Crippen molar-refractivity contribution < 1.29 is 19.7 Å². The van der Waals surface area contributed by atoms with E-state index in [1.807, 2.05) is 27.7 Å². The number of aliphatic hydroxyl groups is 2. The molecule has 0 spiro atoms. The van der Waals surface area contributed by atoms with E-state index in [1.165, 1.54) is 0 Å². The second-order valence-electron chi connectivity index (χ2n) is 9.55. The maximum Gasteiger partial charge on any atom is 0.174 e. The Morgan fingerprint density at radius 3 is 2.46 bits per heavy atom. The van der Waals surface area contributed by atoms with Crippen LogP contribution in [0.5, 0.6) is 0 Å². The van der Waals surface area contributed by atoms with Gasteiger partial charge in [-0.1, -0.05) is 45.8 Å². The molecule has 148 valence electrons. The summed E-state index contributed by atoms with van der Waals surface area (Å²) in [6.45, 7) is 14.1. The van der Waals surface area contributed by atoms with E-state index in [9.17, 15) is 15.5 Å². The lowest BCUT2D eigenvalue weighted by atomic mass is 9.66. The third kappa shape index (κ3) is 3.45. The lowest BCUT2D eigenvalue weighted by Gasteiger charge is -2.44. The molecule has 5 heteroatoms. The lowest BCUT2D eigenvalue weighted by Crippen LogP contribution is -2.47. The highest BCUT2D eigenvalue weighted by molar-refractivity contribution is 5.15. The van der Waals surface area contributed by atoms with Gasteiger partial charge in [-0.05, 0) is 39.0 Å². The third-order valence-corrected chi connectivity index (χ3v) is 6.62. The molecule has 7 atom stereocenters. The van der Waals surface area contributed by atoms with Gasteiger partial charge in [0.25, 0.3) is 0 Å². The van der Waals surface area contributed by atoms with E-state index in [1.54, 1.807) is 0 Å². The van der Waals surface area contributed by atoms with Crippen LogP contribution in [0.15, 0.2) is 11.6 Å². The van der Waals surface area contributed by atoms with E-state index in [0.717, 1.165) is 18.4 Å². The van der Waals surface area contributed by atoms with Crippen LogP contribution in [0.1, 0.15) is 67.7 Å². The van der Waals surface area contributed by atoms with Crippen molar-refractivity contribution in [2.75, 3.05) is 0 Å². The Labute approximate surface area is 158 Å². The van der Waals surface area contributed by atoms with Crippen molar-refractivity contribution >= 4 is 0 Å². The zero-order chi connectivity index (χ0) is 19.9. The molecule has 2 aliphatic rings. The second-order valence-corrected chi connectivity index (χ2v) is 9.55. The van der Waals surface area contributed by atoms with Crippen molar-refractivity contribution in [3.63, 3.8) is 0 Å². The molecular weight excluding hydrogens is 330 g/mol. The van der Waals surface area contributed by atoms with Crippen molar-refractivity contribution in [1.29, 1.82) is 5.26 Å². The van der Waals surface area contributed by atoms with E-state index >= 15 is 0 Å². The van der Waals surface area contributed by atoms with Crippen molar-refractivity contribution in [2.45, 2.75) is 92.5 Å². The van der Waals surface area contributed by atoms with Gasteiger partial charge in [0.15, 0.2) is 12.6 Å². The summed E-state index contributed by atoms with van der Waals surface area (Å²) in [7, 11) is 0. The first kappa shape index (κ1) is 21.4. The first-order valence-electron chi connectivity index (χ1n) is 9.63. The van der Waals surface area contributed by atoms with E-state index in [-0.39, 0.29) is 11.3 Å². The zero-order valence-electron chi connectivity index (χ0n) is 17.2. The Hall–Kier alpha value is -0.930. The summed E-state index contributed by atoms with van der Waals surface area (Å²) >= 11 is 0. The molecule has 0 aromatic rings. The number of hydrogen-bond acceptors (Lipinski definition) is 5. The van der Waals surface area contributed by atoms with Crippen molar-refractivity contribution in [3.8, 4) is 6.07 Å². The summed E-state index contributed by atoms with van der Waals surface area (Å²) in [5.41, 5.74) is -0.521. The molecule has 0 aromatic heterocycles. The van der Waals surface area contributed by atoms with Crippen LogP contribution in [-0.4, -0.2) is 35.0 Å². The first-order valence-corrected chi connectivity index (χ1v) is 9.63. The van der Waals surface area contributed by atoms with Gasteiger partial charge in [0.1, 0.15) is 5.41 Å². The molecule has 1 aliphatic carbocycles. The van der Waals surface area contributed by atoms with E-state index in [0.29, 0.717) is 6.42 Å². The van der Waals surface area contributed by atoms with Gasteiger partial charge < -0.3 is 19.7 Å². The van der Waals surface area contributed by atoms with Gasteiger partial charge in [0, 0.05) is 11.3 Å². The second kappa shape index (κ2) is 7.24. The quantitative estimate of drug-likeness (QED) is 0.573. The SMILES string of the molecule is CC(C)=CC(C)(C(O)OC(C)C1OC(O)C2(C#N)CCCC12)C(C)(C)C. The zero-order valence-corrected chi connectivity index (χ0v) is 17.2. The molecule has 2 rings (SSSR count). The minimum atomic E-state index is -1.08. The molecule has 1 aliphatic heterocycles. The topological polar surface area (TPSA) is 82.7 Å².